The molecule has 3 nitrogen and oxygen atoms in total. The summed E-state index contributed by atoms with van der Waals surface area (Å²) in [7, 11) is 2.12. The maximum Gasteiger partial charge on any atom is 0.0662 e. The predicted molar refractivity (Wildman–Crippen MR) is 74.0 cm³/mol. The third-order valence-electron chi connectivity index (χ3n) is 3.93. The molecule has 1 aromatic heterocycles. The molecule has 0 amide bonds. The van der Waals surface area contributed by atoms with E-state index in [1.165, 1.54) is 27.6 Å². The van der Waals surface area contributed by atoms with Gasteiger partial charge in [0.05, 0.1) is 19.3 Å². The first-order valence-corrected chi connectivity index (χ1v) is 6.54. The normalized spacial score (nSPS) is 20.5. The lowest BCUT2D eigenvalue weighted by Crippen LogP contribution is -2.34. The van der Waals surface area contributed by atoms with Crippen LogP contribution in [-0.4, -0.2) is 24.3 Å². The fourth-order valence-corrected chi connectivity index (χ4v) is 2.71. The van der Waals surface area contributed by atoms with Crippen LogP contribution in [0, 0.1) is 13.8 Å². The Labute approximate surface area is 108 Å². The van der Waals surface area contributed by atoms with Gasteiger partial charge in [-0.05, 0) is 42.7 Å². The zero-order valence-corrected chi connectivity index (χ0v) is 11.3. The SMILES string of the molecule is Cc1cc2c(C3COCCN3)cn(C)c2cc1C. The Morgan fingerprint density at radius 1 is 1.28 bits per heavy atom. The van der Waals surface area contributed by atoms with Gasteiger partial charge in [0, 0.05) is 30.7 Å². The zero-order valence-electron chi connectivity index (χ0n) is 11.3. The first kappa shape index (κ1) is 11.8. The van der Waals surface area contributed by atoms with Gasteiger partial charge in [0.25, 0.3) is 0 Å². The van der Waals surface area contributed by atoms with Crippen LogP contribution >= 0.6 is 0 Å². The number of ether oxygens (including phenoxy) is 1. The summed E-state index contributed by atoms with van der Waals surface area (Å²) in [5.41, 5.74) is 5.37. The number of nitrogens with zero attached hydrogens (tertiary/aromatic N) is 1. The van der Waals surface area contributed by atoms with Crippen molar-refractivity contribution in [2.75, 3.05) is 19.8 Å². The van der Waals surface area contributed by atoms with E-state index in [0.717, 1.165) is 19.8 Å². The van der Waals surface area contributed by atoms with Gasteiger partial charge in [0.2, 0.25) is 0 Å². The molecule has 2 aromatic rings. The highest BCUT2D eigenvalue weighted by molar-refractivity contribution is 5.86. The van der Waals surface area contributed by atoms with Crippen LogP contribution < -0.4 is 5.32 Å². The highest BCUT2D eigenvalue weighted by Crippen LogP contribution is 2.29. The van der Waals surface area contributed by atoms with Gasteiger partial charge >= 0.3 is 0 Å². The highest BCUT2D eigenvalue weighted by atomic mass is 16.5. The summed E-state index contributed by atoms with van der Waals surface area (Å²) < 4.78 is 7.79. The third kappa shape index (κ3) is 1.84. The number of benzene rings is 1. The first-order chi connectivity index (χ1) is 8.66. The first-order valence-electron chi connectivity index (χ1n) is 6.54. The number of morpholine rings is 1. The summed E-state index contributed by atoms with van der Waals surface area (Å²) in [5.74, 6) is 0. The quantitative estimate of drug-likeness (QED) is 0.834. The zero-order chi connectivity index (χ0) is 12.7. The van der Waals surface area contributed by atoms with Crippen LogP contribution in [0.2, 0.25) is 0 Å². The van der Waals surface area contributed by atoms with E-state index in [1.54, 1.807) is 0 Å². The Morgan fingerprint density at radius 3 is 2.78 bits per heavy atom. The third-order valence-corrected chi connectivity index (χ3v) is 3.93. The lowest BCUT2D eigenvalue weighted by atomic mass is 10.0. The number of aromatic nitrogens is 1. The van der Waals surface area contributed by atoms with Gasteiger partial charge in [-0.1, -0.05) is 0 Å². The van der Waals surface area contributed by atoms with Gasteiger partial charge in [-0.2, -0.15) is 0 Å². The van der Waals surface area contributed by atoms with E-state index in [2.05, 4.69) is 49.1 Å². The number of hydrogen-bond acceptors (Lipinski definition) is 2. The molecule has 0 spiro atoms. The van der Waals surface area contributed by atoms with Crippen molar-refractivity contribution in [1.29, 1.82) is 0 Å². The van der Waals surface area contributed by atoms with Gasteiger partial charge in [-0.15, -0.1) is 0 Å². The van der Waals surface area contributed by atoms with E-state index < -0.39 is 0 Å². The number of fused-ring (bicyclic) bond motifs is 1. The standard InChI is InChI=1S/C15H20N2O/c1-10-6-12-13(14-9-18-5-4-16-14)8-17(3)15(12)7-11(10)2/h6-8,14,16H,4-5,9H2,1-3H3. The fourth-order valence-electron chi connectivity index (χ4n) is 2.71. The van der Waals surface area contributed by atoms with Crippen molar-refractivity contribution in [2.45, 2.75) is 19.9 Å². The van der Waals surface area contributed by atoms with Crippen LogP contribution in [-0.2, 0) is 11.8 Å². The van der Waals surface area contributed by atoms with Crippen LogP contribution in [0.1, 0.15) is 22.7 Å². The molecule has 1 N–H and O–H groups in total. The molecule has 1 saturated heterocycles. The highest BCUT2D eigenvalue weighted by Gasteiger charge is 2.20. The van der Waals surface area contributed by atoms with E-state index in [9.17, 15) is 0 Å². The van der Waals surface area contributed by atoms with Gasteiger partial charge in [-0.3, -0.25) is 0 Å². The van der Waals surface area contributed by atoms with Crippen molar-refractivity contribution in [1.82, 2.24) is 9.88 Å². The van der Waals surface area contributed by atoms with E-state index >= 15 is 0 Å². The van der Waals surface area contributed by atoms with Crippen molar-refractivity contribution < 1.29 is 4.74 Å². The maximum atomic E-state index is 5.58. The largest absolute Gasteiger partial charge is 0.378 e. The van der Waals surface area contributed by atoms with Crippen molar-refractivity contribution >= 4 is 10.9 Å². The Balaban J connectivity index is 2.14. The summed E-state index contributed by atoms with van der Waals surface area (Å²) in [6.45, 7) is 6.87. The summed E-state index contributed by atoms with van der Waals surface area (Å²) in [6, 6.07) is 4.90. The molecule has 18 heavy (non-hydrogen) atoms. The number of rotatable bonds is 1. The second-order valence-electron chi connectivity index (χ2n) is 5.23. The molecular formula is C15H20N2O. The van der Waals surface area contributed by atoms with Crippen molar-refractivity contribution in [2.24, 2.45) is 7.05 Å². The molecule has 1 aliphatic rings. The number of hydrogen-bond donors (Lipinski definition) is 1. The molecule has 1 aliphatic heterocycles. The second-order valence-corrected chi connectivity index (χ2v) is 5.23. The lowest BCUT2D eigenvalue weighted by Gasteiger charge is -2.23. The maximum absolute atomic E-state index is 5.58. The van der Waals surface area contributed by atoms with E-state index in [-0.39, 0.29) is 0 Å². The molecule has 96 valence electrons. The fraction of sp³-hybridized carbons (Fsp3) is 0.467. The van der Waals surface area contributed by atoms with Crippen LogP contribution in [0.5, 0.6) is 0 Å². The van der Waals surface area contributed by atoms with Crippen LogP contribution in [0.25, 0.3) is 10.9 Å². The minimum Gasteiger partial charge on any atom is -0.378 e. The van der Waals surface area contributed by atoms with Gasteiger partial charge in [0.1, 0.15) is 0 Å². The van der Waals surface area contributed by atoms with Crippen molar-refractivity contribution in [3.05, 3.63) is 35.0 Å². The molecule has 2 heterocycles. The smallest absolute Gasteiger partial charge is 0.0662 e. The molecule has 0 bridgehead atoms. The lowest BCUT2D eigenvalue weighted by molar-refractivity contribution is 0.0772. The molecule has 1 fully saturated rings. The summed E-state index contributed by atoms with van der Waals surface area (Å²) in [6.07, 6.45) is 2.23. The molecule has 1 aromatic carbocycles. The average molecular weight is 244 g/mol. The Kier molecular flexibility index (Phi) is 2.88. The topological polar surface area (TPSA) is 26.2 Å². The molecule has 3 rings (SSSR count). The molecule has 1 unspecified atom stereocenters. The monoisotopic (exact) mass is 244 g/mol. The van der Waals surface area contributed by atoms with E-state index in [4.69, 9.17) is 4.74 Å². The minimum atomic E-state index is 0.324. The number of nitrogens with one attached hydrogen (secondary N) is 1. The van der Waals surface area contributed by atoms with Gasteiger partial charge in [-0.25, -0.2) is 0 Å². The van der Waals surface area contributed by atoms with Crippen molar-refractivity contribution in [3.8, 4) is 0 Å². The Hall–Kier alpha value is -1.32. The summed E-state index contributed by atoms with van der Waals surface area (Å²) in [4.78, 5) is 0. The van der Waals surface area contributed by atoms with Gasteiger partial charge < -0.3 is 14.6 Å². The molecule has 1 atom stereocenters. The molecule has 0 radical (unpaired) electrons. The van der Waals surface area contributed by atoms with Crippen LogP contribution in [0.15, 0.2) is 18.3 Å². The predicted octanol–water partition coefficient (Wildman–Crippen LogP) is 2.46. The second kappa shape index (κ2) is 4.41. The summed E-state index contributed by atoms with van der Waals surface area (Å²) in [5, 5.41) is 4.89. The Morgan fingerprint density at radius 2 is 2.06 bits per heavy atom. The Bertz CT molecular complexity index is 580. The summed E-state index contributed by atoms with van der Waals surface area (Å²) >= 11 is 0. The molecular weight excluding hydrogens is 224 g/mol. The van der Waals surface area contributed by atoms with Crippen molar-refractivity contribution in [3.63, 3.8) is 0 Å². The van der Waals surface area contributed by atoms with Crippen LogP contribution in [0.4, 0.5) is 0 Å². The number of aryl methyl sites for hydroxylation is 3. The van der Waals surface area contributed by atoms with Crippen LogP contribution in [0.3, 0.4) is 0 Å². The average Bonchev–Trinajstić information content (AvgIpc) is 2.69. The molecule has 0 saturated carbocycles. The van der Waals surface area contributed by atoms with E-state index in [1.807, 2.05) is 0 Å². The van der Waals surface area contributed by atoms with Gasteiger partial charge in [0.15, 0.2) is 0 Å². The molecule has 3 heteroatoms. The van der Waals surface area contributed by atoms with E-state index in [0.29, 0.717) is 6.04 Å². The minimum absolute atomic E-state index is 0.324. The molecule has 0 aliphatic carbocycles.